The zero-order chi connectivity index (χ0) is 20.9. The maximum atomic E-state index is 11.5. The third-order valence-corrected chi connectivity index (χ3v) is 5.38. The second-order valence-electron chi connectivity index (χ2n) is 7.38. The number of pyridine rings is 1. The van der Waals surface area contributed by atoms with E-state index in [4.69, 9.17) is 4.74 Å². The zero-order valence-electron chi connectivity index (χ0n) is 16.8. The number of hydrogen-bond donors (Lipinski definition) is 0. The molecular weight excluding hydrogens is 384 g/mol. The van der Waals surface area contributed by atoms with Crippen molar-refractivity contribution < 1.29 is 9.66 Å². The fourth-order valence-electron chi connectivity index (χ4n) is 3.95. The maximum Gasteiger partial charge on any atom is 0.311 e. The summed E-state index contributed by atoms with van der Waals surface area (Å²) in [6.45, 7) is 2.85. The highest BCUT2D eigenvalue weighted by Crippen LogP contribution is 2.35. The number of benzene rings is 1. The van der Waals surface area contributed by atoms with Crippen LogP contribution in [0.2, 0.25) is 0 Å². The van der Waals surface area contributed by atoms with Gasteiger partial charge in [0.2, 0.25) is 5.82 Å². The van der Waals surface area contributed by atoms with Gasteiger partial charge in [0.15, 0.2) is 6.23 Å². The molecule has 9 nitrogen and oxygen atoms in total. The van der Waals surface area contributed by atoms with Crippen LogP contribution in [0.25, 0.3) is 5.69 Å². The first kappa shape index (κ1) is 19.8. The van der Waals surface area contributed by atoms with Gasteiger partial charge in [-0.3, -0.25) is 10.1 Å². The molecule has 3 heterocycles. The van der Waals surface area contributed by atoms with Crippen molar-refractivity contribution in [1.29, 1.82) is 0 Å². The summed E-state index contributed by atoms with van der Waals surface area (Å²) >= 11 is 0. The summed E-state index contributed by atoms with van der Waals surface area (Å²) in [7, 11) is 0. The van der Waals surface area contributed by atoms with Crippen molar-refractivity contribution in [2.75, 3.05) is 11.4 Å². The molecule has 0 bridgehead atoms. The number of nitro groups is 1. The molecule has 156 valence electrons. The van der Waals surface area contributed by atoms with E-state index in [9.17, 15) is 10.1 Å². The number of aromatic nitrogens is 4. The van der Waals surface area contributed by atoms with Gasteiger partial charge in [-0.05, 0) is 42.7 Å². The lowest BCUT2D eigenvalue weighted by molar-refractivity contribution is -0.384. The van der Waals surface area contributed by atoms with Gasteiger partial charge < -0.3 is 9.64 Å². The Morgan fingerprint density at radius 2 is 2.10 bits per heavy atom. The monoisotopic (exact) mass is 408 g/mol. The van der Waals surface area contributed by atoms with Gasteiger partial charge in [0.1, 0.15) is 18.4 Å². The molecule has 1 saturated heterocycles. The number of nitrogens with zero attached hydrogens (tertiary/aromatic N) is 6. The molecule has 0 amide bonds. The number of piperidine rings is 1. The van der Waals surface area contributed by atoms with E-state index in [1.807, 2.05) is 29.2 Å². The van der Waals surface area contributed by atoms with E-state index >= 15 is 0 Å². The third-order valence-electron chi connectivity index (χ3n) is 5.38. The summed E-state index contributed by atoms with van der Waals surface area (Å²) in [4.78, 5) is 21.4. The quantitative estimate of drug-likeness (QED) is 0.430. The van der Waals surface area contributed by atoms with Crippen molar-refractivity contribution in [3.63, 3.8) is 0 Å². The number of ether oxygens (including phenoxy) is 1. The SMILES string of the molecule is CCCC1CCN(c2ncccc2[N+](=O)[O-])C(Oc2ccc(-n3cncn3)cc2)C1. The van der Waals surface area contributed by atoms with Crippen LogP contribution in [0, 0.1) is 16.0 Å². The molecule has 3 aromatic rings. The molecule has 1 aliphatic heterocycles. The van der Waals surface area contributed by atoms with Crippen LogP contribution in [0.3, 0.4) is 0 Å². The molecule has 2 aromatic heterocycles. The highest BCUT2D eigenvalue weighted by atomic mass is 16.6. The molecule has 1 aromatic carbocycles. The minimum atomic E-state index is -0.384. The molecule has 0 radical (unpaired) electrons. The van der Waals surface area contributed by atoms with Crippen LogP contribution in [0.4, 0.5) is 11.5 Å². The number of anilines is 1. The molecule has 0 N–H and O–H groups in total. The molecule has 0 saturated carbocycles. The van der Waals surface area contributed by atoms with Crippen LogP contribution in [0.1, 0.15) is 32.6 Å². The second kappa shape index (κ2) is 8.89. The van der Waals surface area contributed by atoms with Gasteiger partial charge >= 0.3 is 5.69 Å². The van der Waals surface area contributed by atoms with Gasteiger partial charge in [-0.25, -0.2) is 14.6 Å². The minimum absolute atomic E-state index is 0.00146. The topological polar surface area (TPSA) is 99.2 Å². The van der Waals surface area contributed by atoms with Gasteiger partial charge in [0, 0.05) is 25.2 Å². The Hall–Kier alpha value is -3.49. The fourth-order valence-corrected chi connectivity index (χ4v) is 3.95. The first-order valence-corrected chi connectivity index (χ1v) is 10.1. The summed E-state index contributed by atoms with van der Waals surface area (Å²) in [6, 6.07) is 10.7. The van der Waals surface area contributed by atoms with Gasteiger partial charge in [-0.1, -0.05) is 19.8 Å². The van der Waals surface area contributed by atoms with Gasteiger partial charge in [-0.2, -0.15) is 5.10 Å². The predicted molar refractivity (Wildman–Crippen MR) is 112 cm³/mol. The van der Waals surface area contributed by atoms with Gasteiger partial charge in [0.05, 0.1) is 10.6 Å². The summed E-state index contributed by atoms with van der Waals surface area (Å²) < 4.78 is 8.00. The standard InChI is InChI=1S/C21H24N6O3/c1-2-4-16-10-12-25(21-19(27(28)29)5-3-11-23-21)20(13-16)30-18-8-6-17(7-9-18)26-15-22-14-24-26/h3,5-9,11,14-16,20H,2,4,10,12-13H2,1H3. The van der Waals surface area contributed by atoms with E-state index in [1.54, 1.807) is 23.3 Å². The molecule has 0 aliphatic carbocycles. The van der Waals surface area contributed by atoms with E-state index < -0.39 is 0 Å². The van der Waals surface area contributed by atoms with Crippen molar-refractivity contribution in [2.24, 2.45) is 5.92 Å². The Balaban J connectivity index is 1.59. The van der Waals surface area contributed by atoms with Crippen LogP contribution in [-0.4, -0.2) is 37.4 Å². The van der Waals surface area contributed by atoms with Crippen molar-refractivity contribution >= 4 is 11.5 Å². The Morgan fingerprint density at radius 1 is 1.27 bits per heavy atom. The number of rotatable bonds is 7. The van der Waals surface area contributed by atoms with Gasteiger partial charge in [-0.15, -0.1) is 0 Å². The van der Waals surface area contributed by atoms with Crippen molar-refractivity contribution in [3.05, 3.63) is 65.4 Å². The van der Waals surface area contributed by atoms with Crippen molar-refractivity contribution in [2.45, 2.75) is 38.8 Å². The van der Waals surface area contributed by atoms with Crippen LogP contribution >= 0.6 is 0 Å². The van der Waals surface area contributed by atoms with Crippen LogP contribution in [0.5, 0.6) is 5.75 Å². The molecule has 4 rings (SSSR count). The first-order valence-electron chi connectivity index (χ1n) is 10.1. The second-order valence-corrected chi connectivity index (χ2v) is 7.38. The largest absolute Gasteiger partial charge is 0.470 e. The summed E-state index contributed by atoms with van der Waals surface area (Å²) in [5, 5.41) is 15.7. The summed E-state index contributed by atoms with van der Waals surface area (Å²) in [6.07, 6.45) is 8.37. The third kappa shape index (κ3) is 4.24. The lowest BCUT2D eigenvalue weighted by Gasteiger charge is -2.39. The fraction of sp³-hybridized carbons (Fsp3) is 0.381. The van der Waals surface area contributed by atoms with Crippen molar-refractivity contribution in [3.8, 4) is 11.4 Å². The minimum Gasteiger partial charge on any atom is -0.470 e. The lowest BCUT2D eigenvalue weighted by Crippen LogP contribution is -2.46. The predicted octanol–water partition coefficient (Wildman–Crippen LogP) is 3.99. The highest BCUT2D eigenvalue weighted by Gasteiger charge is 2.34. The Morgan fingerprint density at radius 3 is 2.80 bits per heavy atom. The Bertz CT molecular complexity index is 977. The average Bonchev–Trinajstić information content (AvgIpc) is 3.30. The smallest absolute Gasteiger partial charge is 0.311 e. The molecule has 9 heteroatoms. The Kier molecular flexibility index (Phi) is 5.87. The van der Waals surface area contributed by atoms with E-state index in [-0.39, 0.29) is 16.8 Å². The van der Waals surface area contributed by atoms with Crippen LogP contribution in [-0.2, 0) is 0 Å². The Labute approximate surface area is 174 Å². The van der Waals surface area contributed by atoms with E-state index in [2.05, 4.69) is 22.0 Å². The van der Waals surface area contributed by atoms with Crippen LogP contribution in [0.15, 0.2) is 55.2 Å². The highest BCUT2D eigenvalue weighted by molar-refractivity contribution is 5.58. The summed E-state index contributed by atoms with van der Waals surface area (Å²) in [5.74, 6) is 1.58. The molecule has 2 atom stereocenters. The molecule has 0 spiro atoms. The summed E-state index contributed by atoms with van der Waals surface area (Å²) in [5.41, 5.74) is 0.881. The van der Waals surface area contributed by atoms with Crippen molar-refractivity contribution in [1.82, 2.24) is 19.7 Å². The first-order chi connectivity index (χ1) is 14.7. The zero-order valence-corrected chi connectivity index (χ0v) is 16.8. The normalized spacial score (nSPS) is 18.9. The molecule has 1 fully saturated rings. The molecule has 1 aliphatic rings. The van der Waals surface area contributed by atoms with E-state index in [0.29, 0.717) is 24.0 Å². The van der Waals surface area contributed by atoms with Crippen LogP contribution < -0.4 is 9.64 Å². The van der Waals surface area contributed by atoms with E-state index in [1.165, 1.54) is 12.4 Å². The molecule has 30 heavy (non-hydrogen) atoms. The number of hydrogen-bond acceptors (Lipinski definition) is 7. The molecule has 2 unspecified atom stereocenters. The molecular formula is C21H24N6O3. The van der Waals surface area contributed by atoms with Gasteiger partial charge in [0.25, 0.3) is 0 Å². The average molecular weight is 408 g/mol. The van der Waals surface area contributed by atoms with E-state index in [0.717, 1.165) is 31.4 Å². The maximum absolute atomic E-state index is 11.5. The lowest BCUT2D eigenvalue weighted by atomic mass is 9.91.